The molecule has 0 N–H and O–H groups in total. The van der Waals surface area contributed by atoms with Crippen LogP contribution in [0.1, 0.15) is 0 Å². The Bertz CT molecular complexity index is 843. The predicted octanol–water partition coefficient (Wildman–Crippen LogP) is 1.73. The van der Waals surface area contributed by atoms with E-state index in [0.717, 1.165) is 0 Å². The van der Waals surface area contributed by atoms with Crippen molar-refractivity contribution in [3.05, 3.63) is 35.4 Å². The number of carbonyl (C=O) groups is 1. The highest BCUT2D eigenvalue weighted by molar-refractivity contribution is 8.27. The lowest BCUT2D eigenvalue weighted by Gasteiger charge is -2.15. The van der Waals surface area contributed by atoms with Crippen molar-refractivity contribution in [3.8, 4) is 0 Å². The normalized spacial score (nSPS) is 17.0. The molecule has 0 bridgehead atoms. The van der Waals surface area contributed by atoms with Crippen LogP contribution in [-0.4, -0.2) is 63.0 Å². The van der Waals surface area contributed by atoms with Gasteiger partial charge < -0.3 is 9.80 Å². The van der Waals surface area contributed by atoms with Crippen LogP contribution in [0.25, 0.3) is 0 Å². The monoisotopic (exact) mass is 398 g/mol. The number of hydrogen-bond donors (Lipinski definition) is 0. The second-order valence-electron chi connectivity index (χ2n) is 5.62. The largest absolute Gasteiger partial charge is 0.382 e. The first-order valence-electron chi connectivity index (χ1n) is 7.13. The number of benzene rings is 1. The van der Waals surface area contributed by atoms with Gasteiger partial charge in [0.25, 0.3) is 15.9 Å². The van der Waals surface area contributed by atoms with Gasteiger partial charge in [-0.05, 0) is 24.3 Å². The van der Waals surface area contributed by atoms with Crippen molar-refractivity contribution in [2.24, 2.45) is 4.40 Å². The van der Waals surface area contributed by atoms with Gasteiger partial charge in [0.2, 0.25) is 0 Å². The van der Waals surface area contributed by atoms with Gasteiger partial charge in [-0.2, -0.15) is 8.42 Å². The Morgan fingerprint density at radius 1 is 1.12 bits per heavy atom. The molecule has 1 aromatic carbocycles. The Morgan fingerprint density at radius 3 is 2.24 bits per heavy atom. The molecule has 1 aliphatic rings. The highest BCUT2D eigenvalue weighted by Crippen LogP contribution is 2.35. The Morgan fingerprint density at radius 2 is 1.72 bits per heavy atom. The van der Waals surface area contributed by atoms with E-state index in [1.807, 2.05) is 14.1 Å². The number of rotatable bonds is 5. The van der Waals surface area contributed by atoms with E-state index in [-0.39, 0.29) is 10.8 Å². The molecule has 0 atom stereocenters. The molecule has 134 valence electrons. The highest BCUT2D eigenvalue weighted by atomic mass is 32.2. The molecule has 1 heterocycles. The van der Waals surface area contributed by atoms with E-state index in [1.54, 1.807) is 37.3 Å². The summed E-state index contributed by atoms with van der Waals surface area (Å²) >= 11 is 6.47. The zero-order valence-corrected chi connectivity index (χ0v) is 16.7. The molecule has 2 rings (SSSR count). The fraction of sp³-hybridized carbons (Fsp3) is 0.267. The van der Waals surface area contributed by atoms with Crippen LogP contribution in [0.4, 0.5) is 5.69 Å². The zero-order valence-electron chi connectivity index (χ0n) is 14.2. The summed E-state index contributed by atoms with van der Waals surface area (Å²) in [5.41, 5.74) is 0.514. The summed E-state index contributed by atoms with van der Waals surface area (Å²) in [7, 11) is 3.22. The zero-order chi connectivity index (χ0) is 18.8. The fourth-order valence-corrected chi connectivity index (χ4v) is 4.18. The quantitative estimate of drug-likeness (QED) is 0.324. The number of anilines is 1. The first-order chi connectivity index (χ1) is 11.6. The lowest BCUT2D eigenvalue weighted by atomic mass is 10.3. The van der Waals surface area contributed by atoms with E-state index in [4.69, 9.17) is 12.2 Å². The maximum atomic E-state index is 12.5. The molecule has 0 saturated carbocycles. The van der Waals surface area contributed by atoms with Gasteiger partial charge in [0, 0.05) is 34.4 Å². The average Bonchev–Trinajstić information content (AvgIpc) is 2.79. The number of carbonyl (C=O) groups excluding carboxylic acids is 1. The van der Waals surface area contributed by atoms with Crippen molar-refractivity contribution < 1.29 is 13.2 Å². The topological polar surface area (TPSA) is 73.3 Å². The van der Waals surface area contributed by atoms with Gasteiger partial charge in [-0.25, -0.2) is 0 Å². The molecule has 10 heteroatoms. The standard InChI is InChI=1S/C15H18N4O3S3/c1-17(2)9-13-14(20)19(15(23)24-13)11-5-7-12(8-6-11)25(21,22)16-10-18(3)4/h5-10H,1-4H3/b13-9-,16-10+. The van der Waals surface area contributed by atoms with Gasteiger partial charge in [-0.15, -0.1) is 4.40 Å². The van der Waals surface area contributed by atoms with Crippen molar-refractivity contribution in [2.45, 2.75) is 4.90 Å². The third-order valence-electron chi connectivity index (χ3n) is 2.98. The van der Waals surface area contributed by atoms with Crippen LogP contribution in [0.5, 0.6) is 0 Å². The molecule has 0 aliphatic carbocycles. The summed E-state index contributed by atoms with van der Waals surface area (Å²) in [6, 6.07) is 5.90. The van der Waals surface area contributed by atoms with Crippen LogP contribution in [-0.2, 0) is 14.8 Å². The van der Waals surface area contributed by atoms with E-state index in [0.29, 0.717) is 14.9 Å². The van der Waals surface area contributed by atoms with E-state index < -0.39 is 10.0 Å². The molecule has 1 saturated heterocycles. The molecule has 25 heavy (non-hydrogen) atoms. The molecule has 1 aromatic rings. The van der Waals surface area contributed by atoms with Crippen molar-refractivity contribution >= 4 is 56.3 Å². The van der Waals surface area contributed by atoms with Crippen LogP contribution in [0.3, 0.4) is 0 Å². The Kier molecular flexibility index (Phi) is 5.86. The molecular formula is C15H18N4O3S3. The van der Waals surface area contributed by atoms with Crippen LogP contribution in [0.15, 0.2) is 44.7 Å². The third-order valence-corrected chi connectivity index (χ3v) is 5.51. The first kappa shape index (κ1) is 19.4. The van der Waals surface area contributed by atoms with Gasteiger partial charge in [0.15, 0.2) is 4.32 Å². The minimum atomic E-state index is -3.78. The summed E-state index contributed by atoms with van der Waals surface area (Å²) in [5, 5.41) is 0. The molecule has 0 aromatic heterocycles. The minimum Gasteiger partial charge on any atom is -0.382 e. The second kappa shape index (κ2) is 7.54. The first-order valence-corrected chi connectivity index (χ1v) is 9.80. The predicted molar refractivity (Wildman–Crippen MR) is 105 cm³/mol. The van der Waals surface area contributed by atoms with Gasteiger partial charge in [-0.3, -0.25) is 9.69 Å². The van der Waals surface area contributed by atoms with Gasteiger partial charge in [0.05, 0.1) is 15.5 Å². The molecule has 1 amide bonds. The Hall–Kier alpha value is -1.91. The van der Waals surface area contributed by atoms with Crippen LogP contribution >= 0.6 is 24.0 Å². The van der Waals surface area contributed by atoms with E-state index in [2.05, 4.69) is 4.40 Å². The molecule has 0 unspecified atom stereocenters. The number of thioether (sulfide) groups is 1. The van der Waals surface area contributed by atoms with Gasteiger partial charge >= 0.3 is 0 Å². The number of amides is 1. The maximum Gasteiger partial charge on any atom is 0.283 e. The highest BCUT2D eigenvalue weighted by Gasteiger charge is 2.33. The van der Waals surface area contributed by atoms with Gasteiger partial charge in [0.1, 0.15) is 6.34 Å². The number of thiocarbonyl (C=S) groups is 1. The smallest absolute Gasteiger partial charge is 0.283 e. The third kappa shape index (κ3) is 4.59. The molecule has 7 nitrogen and oxygen atoms in total. The SMILES string of the molecule is CN(C)/C=C1\SC(=S)N(c2ccc(S(=O)(=O)/N=C/N(C)C)cc2)C1=O. The molecular weight excluding hydrogens is 380 g/mol. The van der Waals surface area contributed by atoms with E-state index in [1.165, 1.54) is 40.0 Å². The minimum absolute atomic E-state index is 0.0450. The number of sulfonamides is 1. The van der Waals surface area contributed by atoms with Crippen molar-refractivity contribution in [1.29, 1.82) is 0 Å². The fourth-order valence-electron chi connectivity index (χ4n) is 1.90. The van der Waals surface area contributed by atoms with Crippen molar-refractivity contribution in [3.63, 3.8) is 0 Å². The Labute approximate surface area is 157 Å². The van der Waals surface area contributed by atoms with Crippen LogP contribution in [0, 0.1) is 0 Å². The summed E-state index contributed by atoms with van der Waals surface area (Å²) < 4.78 is 28.2. The summed E-state index contributed by atoms with van der Waals surface area (Å²) in [5.74, 6) is -0.232. The molecule has 0 spiro atoms. The molecule has 0 radical (unpaired) electrons. The lowest BCUT2D eigenvalue weighted by Crippen LogP contribution is -2.27. The van der Waals surface area contributed by atoms with Crippen molar-refractivity contribution in [1.82, 2.24) is 9.80 Å². The van der Waals surface area contributed by atoms with E-state index in [9.17, 15) is 13.2 Å². The number of hydrogen-bond acceptors (Lipinski definition) is 6. The van der Waals surface area contributed by atoms with Crippen LogP contribution < -0.4 is 4.90 Å². The van der Waals surface area contributed by atoms with E-state index >= 15 is 0 Å². The summed E-state index contributed by atoms with van der Waals surface area (Å²) in [4.78, 5) is 17.7. The summed E-state index contributed by atoms with van der Waals surface area (Å²) in [6.07, 6.45) is 2.92. The van der Waals surface area contributed by atoms with Crippen molar-refractivity contribution in [2.75, 3.05) is 33.1 Å². The lowest BCUT2D eigenvalue weighted by molar-refractivity contribution is -0.113. The average molecular weight is 399 g/mol. The van der Waals surface area contributed by atoms with Gasteiger partial charge in [-0.1, -0.05) is 24.0 Å². The maximum absolute atomic E-state index is 12.5. The second-order valence-corrected chi connectivity index (χ2v) is 8.93. The summed E-state index contributed by atoms with van der Waals surface area (Å²) in [6.45, 7) is 0. The molecule has 1 aliphatic heterocycles. The molecule has 1 fully saturated rings. The number of nitrogens with zero attached hydrogens (tertiary/aromatic N) is 4. The van der Waals surface area contributed by atoms with Crippen LogP contribution in [0.2, 0.25) is 0 Å². The Balaban J connectivity index is 2.29.